The van der Waals surface area contributed by atoms with Crippen LogP contribution in [0.1, 0.15) is 12.6 Å². The van der Waals surface area contributed by atoms with Gasteiger partial charge in [-0.05, 0) is 13.8 Å². The SMILES string of the molecule is CCOCC(=O)Nc1cc(C)[nH]n1. The van der Waals surface area contributed by atoms with Crippen molar-refractivity contribution >= 4 is 11.7 Å². The number of aryl methyl sites for hydroxylation is 1. The van der Waals surface area contributed by atoms with Crippen molar-refractivity contribution in [1.82, 2.24) is 10.2 Å². The van der Waals surface area contributed by atoms with Gasteiger partial charge >= 0.3 is 0 Å². The van der Waals surface area contributed by atoms with Gasteiger partial charge in [-0.2, -0.15) is 5.10 Å². The number of carbonyl (C=O) groups excluding carboxylic acids is 1. The maximum absolute atomic E-state index is 11.1. The fourth-order valence-electron chi connectivity index (χ4n) is 0.856. The third-order valence-corrected chi connectivity index (χ3v) is 1.41. The standard InChI is InChI=1S/C8H13N3O2/c1-3-13-5-8(12)9-7-4-6(2)10-11-7/h4H,3,5H2,1-2H3,(H2,9,10,11,12). The predicted molar refractivity (Wildman–Crippen MR) is 48.4 cm³/mol. The fraction of sp³-hybridized carbons (Fsp3) is 0.500. The van der Waals surface area contributed by atoms with Crippen LogP contribution in [0, 0.1) is 6.92 Å². The summed E-state index contributed by atoms with van der Waals surface area (Å²) >= 11 is 0. The molecule has 5 heteroatoms. The average Bonchev–Trinajstić information content (AvgIpc) is 2.48. The van der Waals surface area contributed by atoms with E-state index in [9.17, 15) is 4.79 Å². The molecule has 0 atom stereocenters. The van der Waals surface area contributed by atoms with Crippen LogP contribution in [0.25, 0.3) is 0 Å². The molecule has 0 aliphatic carbocycles. The van der Waals surface area contributed by atoms with E-state index in [1.807, 2.05) is 13.8 Å². The van der Waals surface area contributed by atoms with Gasteiger partial charge in [0.2, 0.25) is 0 Å². The van der Waals surface area contributed by atoms with Gasteiger partial charge in [-0.25, -0.2) is 0 Å². The highest BCUT2D eigenvalue weighted by molar-refractivity contribution is 5.90. The molecule has 0 saturated heterocycles. The zero-order valence-corrected chi connectivity index (χ0v) is 7.76. The van der Waals surface area contributed by atoms with Gasteiger partial charge in [-0.3, -0.25) is 9.89 Å². The molecule has 5 nitrogen and oxygen atoms in total. The molecular weight excluding hydrogens is 170 g/mol. The van der Waals surface area contributed by atoms with Crippen LogP contribution in [0.5, 0.6) is 0 Å². The Morgan fingerprint density at radius 3 is 3.08 bits per heavy atom. The minimum atomic E-state index is -0.187. The molecule has 0 saturated carbocycles. The monoisotopic (exact) mass is 183 g/mol. The first kappa shape index (κ1) is 9.73. The number of rotatable bonds is 4. The van der Waals surface area contributed by atoms with E-state index in [2.05, 4.69) is 15.5 Å². The second kappa shape index (κ2) is 4.61. The average molecular weight is 183 g/mol. The maximum atomic E-state index is 11.1. The summed E-state index contributed by atoms with van der Waals surface area (Å²) in [6.45, 7) is 4.31. The van der Waals surface area contributed by atoms with Crippen LogP contribution in [0.15, 0.2) is 6.07 Å². The topological polar surface area (TPSA) is 67.0 Å². The third kappa shape index (κ3) is 3.25. The molecule has 0 aromatic carbocycles. The minimum absolute atomic E-state index is 0.0718. The van der Waals surface area contributed by atoms with Crippen molar-refractivity contribution < 1.29 is 9.53 Å². The number of carbonyl (C=O) groups is 1. The predicted octanol–water partition coefficient (Wildman–Crippen LogP) is 0.693. The molecule has 1 heterocycles. The molecule has 0 aliphatic rings. The van der Waals surface area contributed by atoms with Gasteiger partial charge in [-0.15, -0.1) is 0 Å². The molecule has 72 valence electrons. The lowest BCUT2D eigenvalue weighted by molar-refractivity contribution is -0.120. The number of nitrogens with one attached hydrogen (secondary N) is 2. The molecule has 0 fully saturated rings. The number of H-pyrrole nitrogens is 1. The first-order valence-electron chi connectivity index (χ1n) is 4.12. The van der Waals surface area contributed by atoms with Gasteiger partial charge in [0.25, 0.3) is 5.91 Å². The molecule has 1 aromatic rings. The number of ether oxygens (including phenoxy) is 1. The van der Waals surface area contributed by atoms with Crippen molar-refractivity contribution in [2.45, 2.75) is 13.8 Å². The van der Waals surface area contributed by atoms with Crippen LogP contribution >= 0.6 is 0 Å². The second-order valence-electron chi connectivity index (χ2n) is 2.62. The van der Waals surface area contributed by atoms with Gasteiger partial charge in [0.1, 0.15) is 6.61 Å². The Morgan fingerprint density at radius 1 is 1.77 bits per heavy atom. The Labute approximate surface area is 76.5 Å². The smallest absolute Gasteiger partial charge is 0.251 e. The lowest BCUT2D eigenvalue weighted by Gasteiger charge is -2.00. The molecule has 2 N–H and O–H groups in total. The fourth-order valence-corrected chi connectivity index (χ4v) is 0.856. The lowest BCUT2D eigenvalue weighted by Crippen LogP contribution is -2.18. The normalized spacial score (nSPS) is 10.0. The van der Waals surface area contributed by atoms with Gasteiger partial charge in [0.15, 0.2) is 5.82 Å². The molecular formula is C8H13N3O2. The van der Waals surface area contributed by atoms with E-state index in [-0.39, 0.29) is 12.5 Å². The molecule has 13 heavy (non-hydrogen) atoms. The number of amides is 1. The molecule has 1 amide bonds. The summed E-state index contributed by atoms with van der Waals surface area (Å²) in [4.78, 5) is 11.1. The first-order valence-corrected chi connectivity index (χ1v) is 4.12. The number of aromatic nitrogens is 2. The van der Waals surface area contributed by atoms with E-state index in [0.29, 0.717) is 12.4 Å². The van der Waals surface area contributed by atoms with Crippen molar-refractivity contribution in [2.24, 2.45) is 0 Å². The molecule has 1 aromatic heterocycles. The Bertz CT molecular complexity index is 283. The minimum Gasteiger partial charge on any atom is -0.372 e. The second-order valence-corrected chi connectivity index (χ2v) is 2.62. The summed E-state index contributed by atoms with van der Waals surface area (Å²) in [5, 5.41) is 9.17. The summed E-state index contributed by atoms with van der Waals surface area (Å²) < 4.78 is 4.92. The van der Waals surface area contributed by atoms with E-state index in [1.54, 1.807) is 6.07 Å². The van der Waals surface area contributed by atoms with Gasteiger partial charge in [0.05, 0.1) is 0 Å². The van der Waals surface area contributed by atoms with Crippen LogP contribution in [0.3, 0.4) is 0 Å². The molecule has 0 radical (unpaired) electrons. The van der Waals surface area contributed by atoms with E-state index in [4.69, 9.17) is 4.74 Å². The Balaban J connectivity index is 2.36. The zero-order valence-electron chi connectivity index (χ0n) is 7.76. The summed E-state index contributed by atoms with van der Waals surface area (Å²) in [5.74, 6) is 0.343. The van der Waals surface area contributed by atoms with Crippen molar-refractivity contribution in [3.63, 3.8) is 0 Å². The largest absolute Gasteiger partial charge is 0.372 e. The molecule has 0 unspecified atom stereocenters. The van der Waals surface area contributed by atoms with Gasteiger partial charge in [-0.1, -0.05) is 0 Å². The van der Waals surface area contributed by atoms with Crippen molar-refractivity contribution in [3.05, 3.63) is 11.8 Å². The lowest BCUT2D eigenvalue weighted by atomic mass is 10.4. The highest BCUT2D eigenvalue weighted by atomic mass is 16.5. The number of hydrogen-bond donors (Lipinski definition) is 2. The van der Waals surface area contributed by atoms with Gasteiger partial charge in [0, 0.05) is 18.4 Å². The van der Waals surface area contributed by atoms with E-state index in [0.717, 1.165) is 5.69 Å². The quantitative estimate of drug-likeness (QED) is 0.721. The summed E-state index contributed by atoms with van der Waals surface area (Å²) in [7, 11) is 0. The Hall–Kier alpha value is -1.36. The Morgan fingerprint density at radius 2 is 2.54 bits per heavy atom. The number of hydrogen-bond acceptors (Lipinski definition) is 3. The summed E-state index contributed by atoms with van der Waals surface area (Å²) in [5.41, 5.74) is 0.909. The van der Waals surface area contributed by atoms with Crippen molar-refractivity contribution in [2.75, 3.05) is 18.5 Å². The van der Waals surface area contributed by atoms with Crippen LogP contribution in [-0.2, 0) is 9.53 Å². The molecule has 0 aliphatic heterocycles. The highest BCUT2D eigenvalue weighted by Crippen LogP contribution is 2.02. The number of nitrogens with zero attached hydrogens (tertiary/aromatic N) is 1. The summed E-state index contributed by atoms with van der Waals surface area (Å²) in [6, 6.07) is 1.75. The summed E-state index contributed by atoms with van der Waals surface area (Å²) in [6.07, 6.45) is 0. The van der Waals surface area contributed by atoms with Crippen molar-refractivity contribution in [3.8, 4) is 0 Å². The van der Waals surface area contributed by atoms with Crippen LogP contribution in [-0.4, -0.2) is 29.3 Å². The van der Waals surface area contributed by atoms with Crippen molar-refractivity contribution in [1.29, 1.82) is 0 Å². The van der Waals surface area contributed by atoms with E-state index >= 15 is 0 Å². The first-order chi connectivity index (χ1) is 6.22. The van der Waals surface area contributed by atoms with E-state index in [1.165, 1.54) is 0 Å². The zero-order chi connectivity index (χ0) is 9.68. The van der Waals surface area contributed by atoms with Crippen LogP contribution in [0.4, 0.5) is 5.82 Å². The molecule has 0 spiro atoms. The number of aromatic amines is 1. The van der Waals surface area contributed by atoms with E-state index < -0.39 is 0 Å². The maximum Gasteiger partial charge on any atom is 0.251 e. The van der Waals surface area contributed by atoms with Crippen LogP contribution < -0.4 is 5.32 Å². The van der Waals surface area contributed by atoms with Crippen LogP contribution in [0.2, 0.25) is 0 Å². The Kier molecular flexibility index (Phi) is 3.45. The molecule has 1 rings (SSSR count). The third-order valence-electron chi connectivity index (χ3n) is 1.41. The number of anilines is 1. The molecule has 0 bridgehead atoms. The highest BCUT2D eigenvalue weighted by Gasteiger charge is 2.03. The van der Waals surface area contributed by atoms with Gasteiger partial charge < -0.3 is 10.1 Å².